The van der Waals surface area contributed by atoms with Crippen molar-refractivity contribution in [2.24, 2.45) is 5.92 Å². The van der Waals surface area contributed by atoms with Gasteiger partial charge in [0.25, 0.3) is 0 Å². The van der Waals surface area contributed by atoms with Crippen molar-refractivity contribution in [2.45, 2.75) is 32.5 Å². The molecule has 1 aromatic rings. The first-order valence-electron chi connectivity index (χ1n) is 6.60. The van der Waals surface area contributed by atoms with Gasteiger partial charge in [-0.25, -0.2) is 0 Å². The van der Waals surface area contributed by atoms with Gasteiger partial charge in [0.05, 0.1) is 11.8 Å². The fourth-order valence-electron chi connectivity index (χ4n) is 2.38. The third kappa shape index (κ3) is 3.54. The van der Waals surface area contributed by atoms with Gasteiger partial charge in [-0.05, 0) is 25.8 Å². The largest absolute Gasteiger partial charge is 0.433 e. The number of aromatic nitrogens is 2. The highest BCUT2D eigenvalue weighted by atomic mass is 19.4. The maximum Gasteiger partial charge on any atom is 0.433 e. The molecule has 2 rings (SSSR count). The molecule has 1 aliphatic heterocycles. The number of nitrogens with zero attached hydrogens (tertiary/aromatic N) is 4. The Bertz CT molecular complexity index is 565. The first-order chi connectivity index (χ1) is 9.81. The Morgan fingerprint density at radius 3 is 2.62 bits per heavy atom. The number of rotatable bonds is 2. The van der Waals surface area contributed by atoms with Crippen LogP contribution in [0.3, 0.4) is 0 Å². The monoisotopic (exact) mass is 300 g/mol. The van der Waals surface area contributed by atoms with Gasteiger partial charge in [0.2, 0.25) is 5.91 Å². The lowest BCUT2D eigenvalue weighted by Crippen LogP contribution is -2.40. The lowest BCUT2D eigenvalue weighted by molar-refractivity contribution is -0.146. The number of halogens is 3. The number of piperidine rings is 1. The van der Waals surface area contributed by atoms with Gasteiger partial charge in [-0.2, -0.15) is 23.5 Å². The average molecular weight is 300 g/mol. The highest BCUT2D eigenvalue weighted by molar-refractivity contribution is 5.76. The molecule has 0 unspecified atom stereocenters. The summed E-state index contributed by atoms with van der Waals surface area (Å²) in [4.78, 5) is 13.6. The van der Waals surface area contributed by atoms with E-state index in [4.69, 9.17) is 5.26 Å². The highest BCUT2D eigenvalue weighted by Gasteiger charge is 2.36. The summed E-state index contributed by atoms with van der Waals surface area (Å²) in [5, 5.41) is 12.5. The second-order valence-corrected chi connectivity index (χ2v) is 5.11. The number of aryl methyl sites for hydroxylation is 1. The van der Waals surface area contributed by atoms with Crippen LogP contribution in [0.5, 0.6) is 0 Å². The minimum atomic E-state index is -4.53. The van der Waals surface area contributed by atoms with Crippen molar-refractivity contribution in [3.8, 4) is 6.07 Å². The predicted octanol–water partition coefficient (Wildman–Crippen LogP) is 1.97. The molecule has 21 heavy (non-hydrogen) atoms. The minimum Gasteiger partial charge on any atom is -0.341 e. The van der Waals surface area contributed by atoms with E-state index in [0.29, 0.717) is 30.6 Å². The van der Waals surface area contributed by atoms with Crippen molar-refractivity contribution < 1.29 is 18.0 Å². The first-order valence-corrected chi connectivity index (χ1v) is 6.60. The molecule has 0 aromatic carbocycles. The van der Waals surface area contributed by atoms with Crippen LogP contribution < -0.4 is 0 Å². The van der Waals surface area contributed by atoms with Crippen molar-refractivity contribution >= 4 is 5.91 Å². The molecule has 0 saturated carbocycles. The van der Waals surface area contributed by atoms with E-state index in [-0.39, 0.29) is 11.6 Å². The number of hydrogen-bond donors (Lipinski definition) is 0. The minimum absolute atomic E-state index is 0.0771. The van der Waals surface area contributed by atoms with Crippen LogP contribution in [0.2, 0.25) is 0 Å². The number of nitriles is 1. The smallest absolute Gasteiger partial charge is 0.341 e. The van der Waals surface area contributed by atoms with E-state index >= 15 is 0 Å². The van der Waals surface area contributed by atoms with Gasteiger partial charge in [0, 0.05) is 19.0 Å². The summed E-state index contributed by atoms with van der Waals surface area (Å²) < 4.78 is 39.2. The maximum atomic E-state index is 12.8. The van der Waals surface area contributed by atoms with Gasteiger partial charge < -0.3 is 4.90 Å². The zero-order valence-electron chi connectivity index (χ0n) is 11.5. The zero-order chi connectivity index (χ0) is 15.6. The Morgan fingerprint density at radius 2 is 2.10 bits per heavy atom. The molecule has 0 atom stereocenters. The van der Waals surface area contributed by atoms with Gasteiger partial charge in [-0.15, -0.1) is 0 Å². The van der Waals surface area contributed by atoms with Crippen LogP contribution in [0, 0.1) is 24.2 Å². The molecule has 0 N–H and O–H groups in total. The van der Waals surface area contributed by atoms with Crippen LogP contribution in [0.25, 0.3) is 0 Å². The van der Waals surface area contributed by atoms with Gasteiger partial charge >= 0.3 is 6.18 Å². The topological polar surface area (TPSA) is 61.9 Å². The Kier molecular flexibility index (Phi) is 4.21. The summed E-state index contributed by atoms with van der Waals surface area (Å²) in [7, 11) is 0. The van der Waals surface area contributed by atoms with Crippen LogP contribution in [-0.4, -0.2) is 33.7 Å². The van der Waals surface area contributed by atoms with Crippen LogP contribution in [-0.2, 0) is 17.5 Å². The standard InChI is InChI=1S/C13H15F3N4O/c1-9-6-11(13(14,15)16)20(18-9)8-12(21)19-4-2-10(7-17)3-5-19/h6,10H,2-5,8H2,1H3. The van der Waals surface area contributed by atoms with Crippen LogP contribution in [0.4, 0.5) is 13.2 Å². The summed E-state index contributed by atoms with van der Waals surface area (Å²) in [6, 6.07) is 3.07. The summed E-state index contributed by atoms with van der Waals surface area (Å²) >= 11 is 0. The summed E-state index contributed by atoms with van der Waals surface area (Å²) in [5.74, 6) is -0.480. The lowest BCUT2D eigenvalue weighted by Gasteiger charge is -2.29. The van der Waals surface area contributed by atoms with E-state index < -0.39 is 24.3 Å². The fraction of sp³-hybridized carbons (Fsp3) is 0.615. The fourth-order valence-corrected chi connectivity index (χ4v) is 2.38. The Hall–Kier alpha value is -2.04. The van der Waals surface area contributed by atoms with Crippen LogP contribution in [0.15, 0.2) is 6.07 Å². The summed E-state index contributed by atoms with van der Waals surface area (Å²) in [6.45, 7) is 1.83. The molecule has 0 spiro atoms. The van der Waals surface area contributed by atoms with Gasteiger partial charge in [0.1, 0.15) is 12.2 Å². The molecule has 1 saturated heterocycles. The van der Waals surface area contributed by atoms with E-state index in [0.717, 1.165) is 6.07 Å². The van der Waals surface area contributed by atoms with E-state index in [1.165, 1.54) is 11.8 Å². The predicted molar refractivity (Wildman–Crippen MR) is 66.9 cm³/mol. The number of likely N-dealkylation sites (tertiary alicyclic amines) is 1. The molecule has 1 aliphatic rings. The summed E-state index contributed by atoms with van der Waals surface area (Å²) in [5.41, 5.74) is -0.696. The normalized spacial score (nSPS) is 16.8. The van der Waals surface area contributed by atoms with E-state index in [2.05, 4.69) is 11.2 Å². The van der Waals surface area contributed by atoms with Crippen LogP contribution in [0.1, 0.15) is 24.2 Å². The number of hydrogen-bond acceptors (Lipinski definition) is 3. The molecule has 5 nitrogen and oxygen atoms in total. The van der Waals surface area contributed by atoms with E-state index in [9.17, 15) is 18.0 Å². The first kappa shape index (κ1) is 15.4. The molecule has 8 heteroatoms. The van der Waals surface area contributed by atoms with Gasteiger partial charge in [-0.1, -0.05) is 0 Å². The van der Waals surface area contributed by atoms with Crippen molar-refractivity contribution in [1.29, 1.82) is 5.26 Å². The second-order valence-electron chi connectivity index (χ2n) is 5.11. The third-order valence-electron chi connectivity index (χ3n) is 3.51. The van der Waals surface area contributed by atoms with E-state index in [1.54, 1.807) is 0 Å². The molecule has 1 fully saturated rings. The summed E-state index contributed by atoms with van der Waals surface area (Å²) in [6.07, 6.45) is -3.41. The maximum absolute atomic E-state index is 12.8. The molecule has 0 bridgehead atoms. The number of alkyl halides is 3. The van der Waals surface area contributed by atoms with E-state index in [1.807, 2.05) is 0 Å². The number of carbonyl (C=O) groups excluding carboxylic acids is 1. The molecule has 1 amide bonds. The molecular weight excluding hydrogens is 285 g/mol. The quantitative estimate of drug-likeness (QED) is 0.839. The Labute approximate surface area is 119 Å². The van der Waals surface area contributed by atoms with Crippen molar-refractivity contribution in [2.75, 3.05) is 13.1 Å². The average Bonchev–Trinajstić information content (AvgIpc) is 2.79. The van der Waals surface area contributed by atoms with Gasteiger partial charge in [-0.3, -0.25) is 9.48 Å². The zero-order valence-corrected chi connectivity index (χ0v) is 11.5. The molecule has 2 heterocycles. The Balaban J connectivity index is 2.06. The molecule has 0 aliphatic carbocycles. The highest BCUT2D eigenvalue weighted by Crippen LogP contribution is 2.29. The van der Waals surface area contributed by atoms with Crippen molar-refractivity contribution in [3.63, 3.8) is 0 Å². The lowest BCUT2D eigenvalue weighted by atomic mass is 9.99. The SMILES string of the molecule is Cc1cc(C(F)(F)F)n(CC(=O)N2CCC(C#N)CC2)n1. The Morgan fingerprint density at radius 1 is 1.48 bits per heavy atom. The van der Waals surface area contributed by atoms with Crippen molar-refractivity contribution in [1.82, 2.24) is 14.7 Å². The van der Waals surface area contributed by atoms with Crippen LogP contribution >= 0.6 is 0 Å². The van der Waals surface area contributed by atoms with Gasteiger partial charge in [0.15, 0.2) is 0 Å². The number of amides is 1. The molecule has 114 valence electrons. The molecule has 1 aromatic heterocycles. The second kappa shape index (κ2) is 5.76. The molecular formula is C13H15F3N4O. The third-order valence-corrected chi connectivity index (χ3v) is 3.51. The van der Waals surface area contributed by atoms with Crippen molar-refractivity contribution in [3.05, 3.63) is 17.5 Å². The number of carbonyl (C=O) groups is 1. The molecule has 0 radical (unpaired) electrons.